The molecule has 3 aromatic heterocycles. The molecule has 0 spiro atoms. The Morgan fingerprint density at radius 2 is 1.42 bits per heavy atom. The van der Waals surface area contributed by atoms with E-state index >= 15 is 0 Å². The first-order chi connectivity index (χ1) is 21.7. The number of pyridine rings is 1. The molecule has 4 aromatic carbocycles. The minimum Gasteiger partial charge on any atom is -0.457 e. The molecule has 0 radical (unpaired) electrons. The summed E-state index contributed by atoms with van der Waals surface area (Å²) >= 11 is 0. The number of hydrogen-bond acceptors (Lipinski definition) is 3. The zero-order valence-electron chi connectivity index (χ0n) is 27.1. The van der Waals surface area contributed by atoms with Crippen LogP contribution in [-0.4, -0.2) is 19.3 Å². The van der Waals surface area contributed by atoms with Gasteiger partial charge in [-0.1, -0.05) is 42.8 Å². The molecule has 0 aliphatic heterocycles. The average molecular weight is 591 g/mol. The number of para-hydroxylation sites is 1. The van der Waals surface area contributed by atoms with Gasteiger partial charge < -0.3 is 4.74 Å². The number of fused-ring (bicyclic) bond motifs is 3. The van der Waals surface area contributed by atoms with Crippen LogP contribution in [0.3, 0.4) is 0 Å². The Bertz CT molecular complexity index is 2230. The van der Waals surface area contributed by atoms with Crippen molar-refractivity contribution in [1.82, 2.24) is 19.3 Å². The van der Waals surface area contributed by atoms with Gasteiger partial charge in [-0.3, -0.25) is 4.57 Å². The van der Waals surface area contributed by atoms with Gasteiger partial charge in [0, 0.05) is 40.4 Å². The first-order valence-corrected chi connectivity index (χ1v) is 15.6. The fraction of sp³-hybridized carbons (Fsp3) is 0.200. The number of ether oxygens (including phenoxy) is 1. The molecule has 0 fully saturated rings. The van der Waals surface area contributed by atoms with Gasteiger partial charge in [0.1, 0.15) is 17.3 Å². The van der Waals surface area contributed by atoms with Gasteiger partial charge in [-0.25, -0.2) is 9.67 Å². The second kappa shape index (κ2) is 11.1. The summed E-state index contributed by atoms with van der Waals surface area (Å²) in [7, 11) is 0. The van der Waals surface area contributed by atoms with E-state index in [1.807, 2.05) is 12.3 Å². The van der Waals surface area contributed by atoms with Crippen LogP contribution >= 0.6 is 0 Å². The van der Waals surface area contributed by atoms with Crippen molar-refractivity contribution in [1.29, 1.82) is 0 Å². The van der Waals surface area contributed by atoms with E-state index in [9.17, 15) is 0 Å². The summed E-state index contributed by atoms with van der Waals surface area (Å²) in [5, 5.41) is 7.41. The van der Waals surface area contributed by atoms with Gasteiger partial charge in [-0.15, -0.1) is 0 Å². The zero-order chi connectivity index (χ0) is 31.4. The van der Waals surface area contributed by atoms with Gasteiger partial charge in [-0.2, -0.15) is 5.10 Å². The SMILES string of the molecule is CCc1cc(Oc2ccc3c4ccccc4n(-c4cc(C)ccn4)c3c2)cc(-n2nc(C)c(-c3c(C)cc(C)cc3C)c2C)c1. The molecule has 0 aliphatic rings. The summed E-state index contributed by atoms with van der Waals surface area (Å²) in [6.07, 6.45) is 2.76. The lowest BCUT2D eigenvalue weighted by Crippen LogP contribution is -2.01. The lowest BCUT2D eigenvalue weighted by atomic mass is 9.92. The van der Waals surface area contributed by atoms with Crippen molar-refractivity contribution in [2.75, 3.05) is 0 Å². The Labute approximate surface area is 264 Å². The Morgan fingerprint density at radius 3 is 2.18 bits per heavy atom. The Hall–Kier alpha value is -5.16. The van der Waals surface area contributed by atoms with E-state index in [2.05, 4.69) is 137 Å². The third kappa shape index (κ3) is 4.98. The number of benzene rings is 4. The first-order valence-electron chi connectivity index (χ1n) is 15.6. The monoisotopic (exact) mass is 590 g/mol. The third-order valence-electron chi connectivity index (χ3n) is 8.83. The number of nitrogens with zero attached hydrogens (tertiary/aromatic N) is 4. The molecule has 3 heterocycles. The summed E-state index contributed by atoms with van der Waals surface area (Å²) in [4.78, 5) is 4.73. The predicted molar refractivity (Wildman–Crippen MR) is 185 cm³/mol. The number of hydrogen-bond donors (Lipinski definition) is 0. The highest BCUT2D eigenvalue weighted by Gasteiger charge is 2.20. The minimum atomic E-state index is 0.776. The highest BCUT2D eigenvalue weighted by Crippen LogP contribution is 2.37. The van der Waals surface area contributed by atoms with Crippen molar-refractivity contribution in [2.45, 2.75) is 54.9 Å². The summed E-state index contributed by atoms with van der Waals surface area (Å²) in [5.41, 5.74) is 14.0. The van der Waals surface area contributed by atoms with Gasteiger partial charge in [-0.05, 0) is 118 Å². The van der Waals surface area contributed by atoms with E-state index in [4.69, 9.17) is 14.8 Å². The van der Waals surface area contributed by atoms with E-state index in [0.29, 0.717) is 0 Å². The molecular weight excluding hydrogens is 552 g/mol. The van der Waals surface area contributed by atoms with E-state index in [-0.39, 0.29) is 0 Å². The molecule has 0 N–H and O–H groups in total. The average Bonchev–Trinajstić information content (AvgIpc) is 3.49. The fourth-order valence-corrected chi connectivity index (χ4v) is 6.90. The first kappa shape index (κ1) is 28.6. The molecule has 0 aliphatic carbocycles. The molecule has 0 saturated carbocycles. The van der Waals surface area contributed by atoms with Gasteiger partial charge in [0.05, 0.1) is 22.4 Å². The fourth-order valence-electron chi connectivity index (χ4n) is 6.90. The van der Waals surface area contributed by atoms with E-state index in [1.54, 1.807) is 0 Å². The molecule has 45 heavy (non-hydrogen) atoms. The van der Waals surface area contributed by atoms with Crippen molar-refractivity contribution >= 4 is 21.8 Å². The Balaban J connectivity index is 1.32. The van der Waals surface area contributed by atoms with E-state index in [0.717, 1.165) is 51.8 Å². The molecule has 5 nitrogen and oxygen atoms in total. The number of aromatic nitrogens is 4. The molecular formula is C40H38N4O. The minimum absolute atomic E-state index is 0.776. The molecule has 0 amide bonds. The van der Waals surface area contributed by atoms with Crippen LogP contribution in [0.15, 0.2) is 91.1 Å². The second-order valence-electron chi connectivity index (χ2n) is 12.2. The quantitative estimate of drug-likeness (QED) is 0.194. The van der Waals surface area contributed by atoms with E-state index < -0.39 is 0 Å². The van der Waals surface area contributed by atoms with Crippen LogP contribution < -0.4 is 4.74 Å². The Morgan fingerprint density at radius 1 is 0.667 bits per heavy atom. The molecule has 0 unspecified atom stereocenters. The van der Waals surface area contributed by atoms with Crippen LogP contribution in [0.5, 0.6) is 11.5 Å². The summed E-state index contributed by atoms with van der Waals surface area (Å²) in [5.74, 6) is 2.46. The maximum Gasteiger partial charge on any atom is 0.137 e. The lowest BCUT2D eigenvalue weighted by molar-refractivity contribution is 0.482. The van der Waals surface area contributed by atoms with Gasteiger partial charge in [0.15, 0.2) is 0 Å². The van der Waals surface area contributed by atoms with Crippen molar-refractivity contribution in [3.05, 3.63) is 130 Å². The number of rotatable bonds is 6. The molecule has 224 valence electrons. The van der Waals surface area contributed by atoms with Crippen molar-refractivity contribution in [2.24, 2.45) is 0 Å². The summed E-state index contributed by atoms with van der Waals surface area (Å²) in [6, 6.07) is 29.9. The summed E-state index contributed by atoms with van der Waals surface area (Å²) < 4.78 is 10.9. The second-order valence-corrected chi connectivity index (χ2v) is 12.2. The zero-order valence-corrected chi connectivity index (χ0v) is 27.1. The standard InChI is InChI=1S/C40H38N4O/c1-8-30-20-31(44-29(7)40(28(6)42-44)39-26(4)17-25(3)18-27(39)5)22-33(21-30)45-32-13-14-35-34-11-9-10-12-36(34)43(37(35)23-32)38-19-24(2)15-16-41-38/h9-23H,8H2,1-7H3. The van der Waals surface area contributed by atoms with Crippen LogP contribution in [0.25, 0.3) is 44.4 Å². The van der Waals surface area contributed by atoms with Crippen LogP contribution in [-0.2, 0) is 6.42 Å². The third-order valence-corrected chi connectivity index (χ3v) is 8.83. The predicted octanol–water partition coefficient (Wildman–Crippen LogP) is 10.2. The molecule has 0 bridgehead atoms. The highest BCUT2D eigenvalue weighted by molar-refractivity contribution is 6.09. The molecule has 0 atom stereocenters. The van der Waals surface area contributed by atoms with Crippen molar-refractivity contribution in [3.8, 4) is 34.1 Å². The maximum absolute atomic E-state index is 6.64. The topological polar surface area (TPSA) is 44.9 Å². The molecule has 7 rings (SSSR count). The van der Waals surface area contributed by atoms with Crippen molar-refractivity contribution in [3.63, 3.8) is 0 Å². The molecule has 0 saturated heterocycles. The maximum atomic E-state index is 6.64. The van der Waals surface area contributed by atoms with Gasteiger partial charge in [0.2, 0.25) is 0 Å². The van der Waals surface area contributed by atoms with Crippen molar-refractivity contribution < 1.29 is 4.74 Å². The van der Waals surface area contributed by atoms with Gasteiger partial charge in [0.25, 0.3) is 0 Å². The highest BCUT2D eigenvalue weighted by atomic mass is 16.5. The van der Waals surface area contributed by atoms with E-state index in [1.165, 1.54) is 49.7 Å². The van der Waals surface area contributed by atoms with Gasteiger partial charge >= 0.3 is 0 Å². The smallest absolute Gasteiger partial charge is 0.137 e. The largest absolute Gasteiger partial charge is 0.457 e. The van der Waals surface area contributed by atoms with Crippen LogP contribution in [0, 0.1) is 41.5 Å². The molecule has 5 heteroatoms. The summed E-state index contributed by atoms with van der Waals surface area (Å²) in [6.45, 7) is 15.1. The lowest BCUT2D eigenvalue weighted by Gasteiger charge is -2.14. The van der Waals surface area contributed by atoms with Crippen LogP contribution in [0.2, 0.25) is 0 Å². The Kier molecular flexibility index (Phi) is 7.04. The van der Waals surface area contributed by atoms with Crippen LogP contribution in [0.4, 0.5) is 0 Å². The normalized spacial score (nSPS) is 11.5. The molecule has 7 aromatic rings. The number of aryl methyl sites for hydroxylation is 6. The van der Waals surface area contributed by atoms with Crippen LogP contribution in [0.1, 0.15) is 46.1 Å².